The third kappa shape index (κ3) is 2.69. The molecule has 0 saturated heterocycles. The molecule has 0 aliphatic rings. The SMILES string of the molecule is CC(C)C(C)Nc1c(F)cc(C#N)cc1F. The minimum Gasteiger partial charge on any atom is -0.378 e. The molecule has 0 aliphatic carbocycles. The van der Waals surface area contributed by atoms with Crippen molar-refractivity contribution in [1.82, 2.24) is 0 Å². The van der Waals surface area contributed by atoms with E-state index >= 15 is 0 Å². The lowest BCUT2D eigenvalue weighted by molar-refractivity contribution is 0.538. The molecular formula is C12H14F2N2. The monoisotopic (exact) mass is 224 g/mol. The van der Waals surface area contributed by atoms with Crippen LogP contribution in [0.25, 0.3) is 0 Å². The Bertz CT molecular complexity index is 399. The molecule has 0 radical (unpaired) electrons. The highest BCUT2D eigenvalue weighted by Gasteiger charge is 2.15. The molecule has 1 atom stereocenters. The molecule has 0 spiro atoms. The van der Waals surface area contributed by atoms with Gasteiger partial charge >= 0.3 is 0 Å². The molecule has 2 nitrogen and oxygen atoms in total. The van der Waals surface area contributed by atoms with E-state index in [2.05, 4.69) is 5.32 Å². The van der Waals surface area contributed by atoms with Gasteiger partial charge in [-0.25, -0.2) is 8.78 Å². The molecule has 0 bridgehead atoms. The standard InChI is InChI=1S/C12H14F2N2/c1-7(2)8(3)16-12-10(13)4-9(6-15)5-11(12)14/h4-5,7-8,16H,1-3H3. The van der Waals surface area contributed by atoms with E-state index in [0.29, 0.717) is 0 Å². The largest absolute Gasteiger partial charge is 0.378 e. The van der Waals surface area contributed by atoms with E-state index in [4.69, 9.17) is 5.26 Å². The van der Waals surface area contributed by atoms with Gasteiger partial charge in [-0.2, -0.15) is 5.26 Å². The average Bonchev–Trinajstić information content (AvgIpc) is 2.22. The Morgan fingerprint density at radius 3 is 2.06 bits per heavy atom. The van der Waals surface area contributed by atoms with Crippen molar-refractivity contribution in [3.63, 3.8) is 0 Å². The van der Waals surface area contributed by atoms with Crippen LogP contribution in [0, 0.1) is 28.9 Å². The van der Waals surface area contributed by atoms with E-state index < -0.39 is 11.6 Å². The second kappa shape index (κ2) is 4.93. The number of benzene rings is 1. The van der Waals surface area contributed by atoms with Crippen LogP contribution >= 0.6 is 0 Å². The van der Waals surface area contributed by atoms with Gasteiger partial charge in [0.25, 0.3) is 0 Å². The Hall–Kier alpha value is -1.63. The average molecular weight is 224 g/mol. The van der Waals surface area contributed by atoms with Crippen LogP contribution in [0.3, 0.4) is 0 Å². The number of rotatable bonds is 3. The molecule has 0 aliphatic heterocycles. The molecule has 4 heteroatoms. The Balaban J connectivity index is 3.02. The Morgan fingerprint density at radius 1 is 1.19 bits per heavy atom. The van der Waals surface area contributed by atoms with Gasteiger partial charge in [0.1, 0.15) is 5.69 Å². The highest BCUT2D eigenvalue weighted by molar-refractivity contribution is 5.50. The van der Waals surface area contributed by atoms with Gasteiger partial charge in [-0.15, -0.1) is 0 Å². The minimum absolute atomic E-state index is 0.0160. The fourth-order valence-corrected chi connectivity index (χ4v) is 1.17. The van der Waals surface area contributed by atoms with Gasteiger partial charge in [-0.05, 0) is 25.0 Å². The topological polar surface area (TPSA) is 35.8 Å². The maximum Gasteiger partial charge on any atom is 0.150 e. The van der Waals surface area contributed by atoms with Gasteiger partial charge in [0, 0.05) is 6.04 Å². The van der Waals surface area contributed by atoms with Gasteiger partial charge in [-0.1, -0.05) is 13.8 Å². The molecule has 86 valence electrons. The molecule has 1 unspecified atom stereocenters. The number of halogens is 2. The lowest BCUT2D eigenvalue weighted by Gasteiger charge is -2.19. The quantitative estimate of drug-likeness (QED) is 0.855. The van der Waals surface area contributed by atoms with Crippen LogP contribution in [0.2, 0.25) is 0 Å². The first kappa shape index (κ1) is 12.4. The van der Waals surface area contributed by atoms with Crippen molar-refractivity contribution < 1.29 is 8.78 Å². The summed E-state index contributed by atoms with van der Waals surface area (Å²) in [5.74, 6) is -1.21. The van der Waals surface area contributed by atoms with Crippen LogP contribution in [0.4, 0.5) is 14.5 Å². The molecule has 0 saturated carbocycles. The van der Waals surface area contributed by atoms with Crippen LogP contribution in [-0.2, 0) is 0 Å². The highest BCUT2D eigenvalue weighted by atomic mass is 19.1. The number of nitrogens with zero attached hydrogens (tertiary/aromatic N) is 1. The summed E-state index contributed by atoms with van der Waals surface area (Å²) in [6, 6.07) is 3.71. The number of anilines is 1. The lowest BCUT2D eigenvalue weighted by atomic mass is 10.1. The van der Waals surface area contributed by atoms with Crippen LogP contribution in [0.15, 0.2) is 12.1 Å². The Kier molecular flexibility index (Phi) is 3.83. The highest BCUT2D eigenvalue weighted by Crippen LogP contribution is 2.22. The normalized spacial score (nSPS) is 12.3. The zero-order valence-corrected chi connectivity index (χ0v) is 9.51. The molecule has 0 aromatic heterocycles. The molecule has 0 amide bonds. The summed E-state index contributed by atoms with van der Waals surface area (Å²) >= 11 is 0. The van der Waals surface area contributed by atoms with Crippen molar-refractivity contribution in [1.29, 1.82) is 5.26 Å². The lowest BCUT2D eigenvalue weighted by Crippen LogP contribution is -2.22. The van der Waals surface area contributed by atoms with Gasteiger partial charge in [0.05, 0.1) is 11.6 Å². The number of nitriles is 1. The minimum atomic E-state index is -0.732. The van der Waals surface area contributed by atoms with E-state index in [0.717, 1.165) is 12.1 Å². The van der Waals surface area contributed by atoms with Crippen molar-refractivity contribution in [2.75, 3.05) is 5.32 Å². The number of hydrogen-bond acceptors (Lipinski definition) is 2. The molecule has 1 aromatic rings. The summed E-state index contributed by atoms with van der Waals surface area (Å²) in [6.07, 6.45) is 0. The number of nitrogens with one attached hydrogen (secondary N) is 1. The second-order valence-corrected chi connectivity index (χ2v) is 4.10. The third-order valence-corrected chi connectivity index (χ3v) is 2.54. The zero-order valence-electron chi connectivity index (χ0n) is 9.51. The second-order valence-electron chi connectivity index (χ2n) is 4.10. The fraction of sp³-hybridized carbons (Fsp3) is 0.417. The van der Waals surface area contributed by atoms with Crippen LogP contribution < -0.4 is 5.32 Å². The van der Waals surface area contributed by atoms with Crippen LogP contribution in [-0.4, -0.2) is 6.04 Å². The molecule has 1 N–H and O–H groups in total. The van der Waals surface area contributed by atoms with Gasteiger partial charge < -0.3 is 5.32 Å². The van der Waals surface area contributed by atoms with E-state index in [1.807, 2.05) is 20.8 Å². The predicted octanol–water partition coefficient (Wildman–Crippen LogP) is 3.29. The third-order valence-electron chi connectivity index (χ3n) is 2.54. The molecule has 16 heavy (non-hydrogen) atoms. The maximum atomic E-state index is 13.5. The van der Waals surface area contributed by atoms with Gasteiger partial charge in [0.2, 0.25) is 0 Å². The van der Waals surface area contributed by atoms with E-state index in [1.54, 1.807) is 6.07 Å². The van der Waals surface area contributed by atoms with Crippen LogP contribution in [0.1, 0.15) is 26.3 Å². The fourth-order valence-electron chi connectivity index (χ4n) is 1.17. The predicted molar refractivity (Wildman–Crippen MR) is 59.0 cm³/mol. The first-order valence-corrected chi connectivity index (χ1v) is 5.11. The van der Waals surface area contributed by atoms with Gasteiger partial charge in [0.15, 0.2) is 11.6 Å². The van der Waals surface area contributed by atoms with Crippen molar-refractivity contribution in [2.45, 2.75) is 26.8 Å². The van der Waals surface area contributed by atoms with Crippen molar-refractivity contribution >= 4 is 5.69 Å². The first-order chi connectivity index (χ1) is 7.45. The molecule has 0 fully saturated rings. The first-order valence-electron chi connectivity index (χ1n) is 5.11. The summed E-state index contributed by atoms with van der Waals surface area (Å²) in [5.41, 5.74) is -0.182. The maximum absolute atomic E-state index is 13.5. The number of hydrogen-bond donors (Lipinski definition) is 1. The smallest absolute Gasteiger partial charge is 0.150 e. The molecule has 1 rings (SSSR count). The Labute approximate surface area is 93.9 Å². The summed E-state index contributed by atoms with van der Waals surface area (Å²) in [4.78, 5) is 0. The van der Waals surface area contributed by atoms with Crippen molar-refractivity contribution in [3.05, 3.63) is 29.3 Å². The van der Waals surface area contributed by atoms with Gasteiger partial charge in [-0.3, -0.25) is 0 Å². The van der Waals surface area contributed by atoms with E-state index in [-0.39, 0.29) is 23.2 Å². The van der Waals surface area contributed by atoms with Crippen LogP contribution in [0.5, 0.6) is 0 Å². The summed E-state index contributed by atoms with van der Waals surface area (Å²) < 4.78 is 26.9. The summed E-state index contributed by atoms with van der Waals surface area (Å²) in [6.45, 7) is 5.76. The molecule has 1 aromatic carbocycles. The molecular weight excluding hydrogens is 210 g/mol. The van der Waals surface area contributed by atoms with E-state index in [1.165, 1.54) is 0 Å². The van der Waals surface area contributed by atoms with E-state index in [9.17, 15) is 8.78 Å². The van der Waals surface area contributed by atoms with Crippen molar-refractivity contribution in [3.8, 4) is 6.07 Å². The summed E-state index contributed by atoms with van der Waals surface area (Å²) in [7, 11) is 0. The zero-order chi connectivity index (χ0) is 12.3. The van der Waals surface area contributed by atoms with Crippen molar-refractivity contribution in [2.24, 2.45) is 5.92 Å². The molecule has 0 heterocycles. The Morgan fingerprint density at radius 2 is 1.69 bits per heavy atom. The summed E-state index contributed by atoms with van der Waals surface area (Å²) in [5, 5.41) is 11.3.